The molecule has 2 N–H and O–H groups in total. The van der Waals surface area contributed by atoms with E-state index in [1.807, 2.05) is 0 Å². The molecule has 0 saturated carbocycles. The molecule has 0 aromatic carbocycles. The molecule has 1 rings (SSSR count). The van der Waals surface area contributed by atoms with Crippen molar-refractivity contribution in [2.24, 2.45) is 0 Å². The maximum absolute atomic E-state index is 12.2. The molecule has 1 fully saturated rings. The van der Waals surface area contributed by atoms with Gasteiger partial charge in [0.15, 0.2) is 6.10 Å². The van der Waals surface area contributed by atoms with Crippen molar-refractivity contribution in [1.82, 2.24) is 0 Å². The number of esters is 2. The summed E-state index contributed by atoms with van der Waals surface area (Å²) >= 11 is 0. The maximum atomic E-state index is 12.2. The number of carbonyl (C=O) groups excluding carboxylic acids is 2. The standard InChI is InChI=1S/C31H53O9P/c1-3-5-7-9-10-11-12-13-14-15-17-18-21-28-29(40-28)22-20-24-30(32)37-25-27(26-38-41(34,35)36)39-31(33)23-19-16-8-6-4-2/h10-11,13-14,17-18,27-29H,3-9,12,15-16,19-26H2,1-2H3,(H2,34,35,36)/b11-10-,14-13-,18-17-/t27-,28?,29?/m1/s1. The molecule has 2 unspecified atom stereocenters. The third kappa shape index (κ3) is 23.5. The molecule has 0 spiro atoms. The minimum atomic E-state index is -4.75. The van der Waals surface area contributed by atoms with Crippen LogP contribution in [0.3, 0.4) is 0 Å². The van der Waals surface area contributed by atoms with Gasteiger partial charge in [0, 0.05) is 12.8 Å². The van der Waals surface area contributed by atoms with Crippen LogP contribution in [0.1, 0.15) is 117 Å². The molecular weight excluding hydrogens is 547 g/mol. The summed E-state index contributed by atoms with van der Waals surface area (Å²) in [6.07, 6.45) is 26.6. The van der Waals surface area contributed by atoms with Crippen LogP contribution in [-0.2, 0) is 32.9 Å². The molecule has 0 aromatic rings. The number of ether oxygens (including phenoxy) is 3. The van der Waals surface area contributed by atoms with E-state index in [2.05, 4.69) is 54.8 Å². The molecule has 1 aliphatic rings. The molecule has 1 heterocycles. The van der Waals surface area contributed by atoms with Gasteiger partial charge in [-0.1, -0.05) is 88.8 Å². The van der Waals surface area contributed by atoms with Gasteiger partial charge in [0.1, 0.15) is 6.61 Å². The van der Waals surface area contributed by atoms with E-state index in [0.717, 1.165) is 51.4 Å². The summed E-state index contributed by atoms with van der Waals surface area (Å²) in [4.78, 5) is 42.2. The summed E-state index contributed by atoms with van der Waals surface area (Å²) in [5.74, 6) is -0.981. The first-order valence-corrected chi connectivity index (χ1v) is 16.9. The highest BCUT2D eigenvalue weighted by Gasteiger charge is 2.36. The van der Waals surface area contributed by atoms with Crippen LogP contribution in [0.2, 0.25) is 0 Å². The molecule has 9 nitrogen and oxygen atoms in total. The second-order valence-electron chi connectivity index (χ2n) is 10.5. The molecule has 236 valence electrons. The molecule has 41 heavy (non-hydrogen) atoms. The van der Waals surface area contributed by atoms with Crippen LogP contribution in [0.4, 0.5) is 0 Å². The Kier molecular flexibility index (Phi) is 21.6. The van der Waals surface area contributed by atoms with Crippen molar-refractivity contribution in [3.05, 3.63) is 36.5 Å². The summed E-state index contributed by atoms with van der Waals surface area (Å²) in [6, 6.07) is 0. The average molecular weight is 601 g/mol. The van der Waals surface area contributed by atoms with Crippen LogP contribution in [0.5, 0.6) is 0 Å². The van der Waals surface area contributed by atoms with Crippen LogP contribution in [0.15, 0.2) is 36.5 Å². The quantitative estimate of drug-likeness (QED) is 0.0346. The van der Waals surface area contributed by atoms with Crippen LogP contribution in [0.25, 0.3) is 0 Å². The predicted molar refractivity (Wildman–Crippen MR) is 160 cm³/mol. The van der Waals surface area contributed by atoms with Crippen LogP contribution < -0.4 is 0 Å². The Morgan fingerprint density at radius 3 is 2.12 bits per heavy atom. The van der Waals surface area contributed by atoms with Crippen molar-refractivity contribution in [3.8, 4) is 0 Å². The molecule has 0 bridgehead atoms. The number of rotatable bonds is 26. The fourth-order valence-corrected chi connectivity index (χ4v) is 4.52. The Morgan fingerprint density at radius 2 is 1.41 bits per heavy atom. The number of allylic oxidation sites excluding steroid dienone is 5. The van der Waals surface area contributed by atoms with Crippen molar-refractivity contribution in [1.29, 1.82) is 0 Å². The highest BCUT2D eigenvalue weighted by molar-refractivity contribution is 7.46. The second kappa shape index (κ2) is 23.8. The zero-order valence-electron chi connectivity index (χ0n) is 25.1. The Bertz CT molecular complexity index is 833. The molecule has 0 aromatic heterocycles. The fraction of sp³-hybridized carbons (Fsp3) is 0.742. The molecule has 0 radical (unpaired) electrons. The van der Waals surface area contributed by atoms with Gasteiger partial charge in [-0.25, -0.2) is 4.57 Å². The zero-order valence-corrected chi connectivity index (χ0v) is 26.0. The van der Waals surface area contributed by atoms with Gasteiger partial charge in [-0.2, -0.15) is 0 Å². The lowest BCUT2D eigenvalue weighted by Crippen LogP contribution is -2.29. The molecule has 3 atom stereocenters. The van der Waals surface area contributed by atoms with Gasteiger partial charge >= 0.3 is 19.8 Å². The lowest BCUT2D eigenvalue weighted by molar-refractivity contribution is -0.161. The predicted octanol–water partition coefficient (Wildman–Crippen LogP) is 7.27. The minimum Gasteiger partial charge on any atom is -0.462 e. The number of hydrogen-bond donors (Lipinski definition) is 2. The van der Waals surface area contributed by atoms with Crippen molar-refractivity contribution < 1.29 is 42.7 Å². The molecule has 0 amide bonds. The first kappa shape index (κ1) is 37.3. The van der Waals surface area contributed by atoms with Gasteiger partial charge in [-0.15, -0.1) is 0 Å². The largest absolute Gasteiger partial charge is 0.469 e. The third-order valence-electron chi connectivity index (χ3n) is 6.59. The van der Waals surface area contributed by atoms with Crippen molar-refractivity contribution in [2.45, 2.75) is 135 Å². The van der Waals surface area contributed by atoms with Crippen LogP contribution >= 0.6 is 7.82 Å². The normalized spacial score (nSPS) is 18.0. The molecule has 1 aliphatic heterocycles. The monoisotopic (exact) mass is 600 g/mol. The van der Waals surface area contributed by atoms with Gasteiger partial charge in [-0.05, 0) is 51.4 Å². The SMILES string of the molecule is CCCCC/C=C\C/C=C\C/C=C\CC1OC1CCCC(=O)OC[C@H](COP(=O)(O)O)OC(=O)CCCCCCC. The van der Waals surface area contributed by atoms with E-state index in [9.17, 15) is 14.2 Å². The number of phosphoric ester groups is 1. The summed E-state index contributed by atoms with van der Waals surface area (Å²) in [5.41, 5.74) is 0. The van der Waals surface area contributed by atoms with Crippen molar-refractivity contribution >= 4 is 19.8 Å². The number of phosphoric acid groups is 1. The van der Waals surface area contributed by atoms with Crippen LogP contribution in [0, 0.1) is 0 Å². The van der Waals surface area contributed by atoms with Gasteiger partial charge in [0.05, 0.1) is 18.8 Å². The molecule has 10 heteroatoms. The summed E-state index contributed by atoms with van der Waals surface area (Å²) < 4.78 is 31.6. The first-order chi connectivity index (χ1) is 19.7. The van der Waals surface area contributed by atoms with E-state index in [1.165, 1.54) is 25.7 Å². The summed E-state index contributed by atoms with van der Waals surface area (Å²) in [5, 5.41) is 0. The van der Waals surface area contributed by atoms with Gasteiger partial charge in [0.2, 0.25) is 0 Å². The summed E-state index contributed by atoms with van der Waals surface area (Å²) in [7, 11) is -4.75. The maximum Gasteiger partial charge on any atom is 0.469 e. The molecule has 0 aliphatic carbocycles. The smallest absolute Gasteiger partial charge is 0.462 e. The van der Waals surface area contributed by atoms with Crippen molar-refractivity contribution in [3.63, 3.8) is 0 Å². The summed E-state index contributed by atoms with van der Waals surface area (Å²) in [6.45, 7) is 3.44. The Labute approximate surface area is 247 Å². The zero-order chi connectivity index (χ0) is 30.2. The average Bonchev–Trinajstić information content (AvgIpc) is 3.68. The van der Waals surface area contributed by atoms with Crippen molar-refractivity contribution in [2.75, 3.05) is 13.2 Å². The lowest BCUT2D eigenvalue weighted by Gasteiger charge is -2.18. The highest BCUT2D eigenvalue weighted by Crippen LogP contribution is 2.36. The Balaban J connectivity index is 2.18. The number of unbranched alkanes of at least 4 members (excludes halogenated alkanes) is 7. The van der Waals surface area contributed by atoms with E-state index in [-0.39, 0.29) is 31.7 Å². The van der Waals surface area contributed by atoms with Crippen LogP contribution in [-0.4, -0.2) is 53.3 Å². The number of hydrogen-bond acceptors (Lipinski definition) is 7. The topological polar surface area (TPSA) is 132 Å². The van der Waals surface area contributed by atoms with Gasteiger partial charge in [-0.3, -0.25) is 14.1 Å². The Morgan fingerprint density at radius 1 is 0.780 bits per heavy atom. The third-order valence-corrected chi connectivity index (χ3v) is 7.07. The first-order valence-electron chi connectivity index (χ1n) is 15.4. The minimum absolute atomic E-state index is 0.142. The number of carbonyl (C=O) groups is 2. The van der Waals surface area contributed by atoms with E-state index in [1.54, 1.807) is 0 Å². The van der Waals surface area contributed by atoms with E-state index < -0.39 is 32.5 Å². The van der Waals surface area contributed by atoms with E-state index >= 15 is 0 Å². The number of epoxide rings is 1. The highest BCUT2D eigenvalue weighted by atomic mass is 31.2. The second-order valence-corrected chi connectivity index (χ2v) is 11.7. The van der Waals surface area contributed by atoms with E-state index in [0.29, 0.717) is 12.8 Å². The fourth-order valence-electron chi connectivity index (χ4n) is 4.16. The Hall–Kier alpha value is -1.77. The molecule has 1 saturated heterocycles. The lowest BCUT2D eigenvalue weighted by atomic mass is 10.1. The van der Waals surface area contributed by atoms with E-state index in [4.69, 9.17) is 24.0 Å². The van der Waals surface area contributed by atoms with Gasteiger partial charge in [0.25, 0.3) is 0 Å². The van der Waals surface area contributed by atoms with Gasteiger partial charge < -0.3 is 24.0 Å². The molecular formula is C31H53O9P.